The summed E-state index contributed by atoms with van der Waals surface area (Å²) in [5, 5.41) is 3.97. The van der Waals surface area contributed by atoms with Crippen molar-refractivity contribution in [1.29, 1.82) is 0 Å². The molecule has 0 radical (unpaired) electrons. The lowest BCUT2D eigenvalue weighted by Crippen LogP contribution is -3.13. The van der Waals surface area contributed by atoms with Gasteiger partial charge >= 0.3 is 5.97 Å². The molecule has 1 aliphatic rings. The number of thiocarbonyl (C=S) groups is 1. The molecule has 0 amide bonds. The SMILES string of the molecule is COC(=O)c1ccc(NC(=S)N2CC[NH+](Cc3ccncc3)CC2)cc1. The van der Waals surface area contributed by atoms with E-state index in [0.717, 1.165) is 43.5 Å². The zero-order chi connectivity index (χ0) is 18.4. The Morgan fingerprint density at radius 1 is 1.19 bits per heavy atom. The summed E-state index contributed by atoms with van der Waals surface area (Å²) in [5.74, 6) is -0.340. The van der Waals surface area contributed by atoms with Gasteiger partial charge in [-0.25, -0.2) is 4.79 Å². The van der Waals surface area contributed by atoms with Crippen LogP contribution in [-0.4, -0.2) is 54.3 Å². The minimum Gasteiger partial charge on any atom is -0.465 e. The van der Waals surface area contributed by atoms with Crippen LogP contribution in [0, 0.1) is 0 Å². The highest BCUT2D eigenvalue weighted by Gasteiger charge is 2.21. The van der Waals surface area contributed by atoms with Crippen LogP contribution in [0.3, 0.4) is 0 Å². The van der Waals surface area contributed by atoms with Gasteiger partial charge in [0.05, 0.1) is 38.9 Å². The van der Waals surface area contributed by atoms with Crippen LogP contribution in [0.2, 0.25) is 0 Å². The Kier molecular flexibility index (Phi) is 6.14. The molecule has 1 aliphatic heterocycles. The Morgan fingerprint density at radius 2 is 1.85 bits per heavy atom. The van der Waals surface area contributed by atoms with E-state index in [0.29, 0.717) is 5.56 Å². The number of ether oxygens (including phenoxy) is 1. The van der Waals surface area contributed by atoms with Crippen molar-refractivity contribution in [3.8, 4) is 0 Å². The first-order valence-corrected chi connectivity index (χ1v) is 9.03. The van der Waals surface area contributed by atoms with E-state index in [4.69, 9.17) is 17.0 Å². The van der Waals surface area contributed by atoms with Gasteiger partial charge in [0.25, 0.3) is 0 Å². The fourth-order valence-electron chi connectivity index (χ4n) is 3.00. The molecule has 26 heavy (non-hydrogen) atoms. The minimum atomic E-state index is -0.340. The van der Waals surface area contributed by atoms with E-state index in [1.807, 2.05) is 24.5 Å². The van der Waals surface area contributed by atoms with Crippen molar-refractivity contribution < 1.29 is 14.4 Å². The number of benzene rings is 1. The second-order valence-electron chi connectivity index (χ2n) is 6.27. The van der Waals surface area contributed by atoms with Gasteiger partial charge in [0.2, 0.25) is 0 Å². The molecule has 2 heterocycles. The standard InChI is InChI=1S/C19H22N4O2S/c1-25-18(24)16-2-4-17(5-3-16)21-19(26)23-12-10-22(11-13-23)14-15-6-8-20-9-7-15/h2-9H,10-14H2,1H3,(H,21,26)/p+1. The second kappa shape index (κ2) is 8.73. The van der Waals surface area contributed by atoms with E-state index in [1.54, 1.807) is 17.0 Å². The third-order valence-electron chi connectivity index (χ3n) is 4.52. The molecule has 6 nitrogen and oxygen atoms in total. The van der Waals surface area contributed by atoms with Crippen LogP contribution >= 0.6 is 12.2 Å². The molecule has 0 bridgehead atoms. The van der Waals surface area contributed by atoms with E-state index >= 15 is 0 Å². The number of hydrogen-bond acceptors (Lipinski definition) is 4. The zero-order valence-corrected chi connectivity index (χ0v) is 15.6. The van der Waals surface area contributed by atoms with Crippen molar-refractivity contribution in [1.82, 2.24) is 9.88 Å². The molecule has 1 aromatic heterocycles. The lowest BCUT2D eigenvalue weighted by atomic mass is 10.2. The summed E-state index contributed by atoms with van der Waals surface area (Å²) in [6, 6.07) is 11.3. The summed E-state index contributed by atoms with van der Waals surface area (Å²) in [5.41, 5.74) is 2.71. The summed E-state index contributed by atoms with van der Waals surface area (Å²) >= 11 is 5.54. The van der Waals surface area contributed by atoms with Gasteiger partial charge in [0.15, 0.2) is 5.11 Å². The van der Waals surface area contributed by atoms with E-state index in [1.165, 1.54) is 12.7 Å². The number of carbonyl (C=O) groups excluding carboxylic acids is 1. The van der Waals surface area contributed by atoms with Gasteiger partial charge in [0, 0.05) is 23.6 Å². The third kappa shape index (κ3) is 4.77. The van der Waals surface area contributed by atoms with Crippen LogP contribution in [0.5, 0.6) is 0 Å². The number of piperazine rings is 1. The summed E-state index contributed by atoms with van der Waals surface area (Å²) in [7, 11) is 1.37. The van der Waals surface area contributed by atoms with Crippen LogP contribution in [0.4, 0.5) is 5.69 Å². The highest BCUT2D eigenvalue weighted by Crippen LogP contribution is 2.11. The van der Waals surface area contributed by atoms with Gasteiger partial charge < -0.3 is 19.9 Å². The molecule has 3 rings (SSSR count). The van der Waals surface area contributed by atoms with Crippen molar-refractivity contribution >= 4 is 29.0 Å². The topological polar surface area (TPSA) is 58.9 Å². The predicted molar refractivity (Wildman–Crippen MR) is 104 cm³/mol. The van der Waals surface area contributed by atoms with Crippen LogP contribution in [0.25, 0.3) is 0 Å². The number of nitrogens with zero attached hydrogens (tertiary/aromatic N) is 2. The van der Waals surface area contributed by atoms with Crippen LogP contribution in [-0.2, 0) is 11.3 Å². The van der Waals surface area contributed by atoms with Crippen LogP contribution in [0.15, 0.2) is 48.8 Å². The molecule has 0 saturated carbocycles. The third-order valence-corrected chi connectivity index (χ3v) is 4.88. The number of rotatable bonds is 4. The van der Waals surface area contributed by atoms with Gasteiger partial charge in [-0.1, -0.05) is 0 Å². The van der Waals surface area contributed by atoms with E-state index in [-0.39, 0.29) is 5.97 Å². The van der Waals surface area contributed by atoms with E-state index in [2.05, 4.69) is 27.3 Å². The van der Waals surface area contributed by atoms with E-state index in [9.17, 15) is 4.79 Å². The predicted octanol–water partition coefficient (Wildman–Crippen LogP) is 0.966. The quantitative estimate of drug-likeness (QED) is 0.617. The van der Waals surface area contributed by atoms with Gasteiger partial charge in [0.1, 0.15) is 6.54 Å². The number of methoxy groups -OCH3 is 1. The lowest BCUT2D eigenvalue weighted by molar-refractivity contribution is -0.917. The first-order chi connectivity index (χ1) is 12.7. The van der Waals surface area contributed by atoms with E-state index < -0.39 is 0 Å². The Bertz CT molecular complexity index is 744. The molecular weight excluding hydrogens is 348 g/mol. The average Bonchev–Trinajstić information content (AvgIpc) is 2.69. The molecular formula is C19H23N4O2S+. The van der Waals surface area contributed by atoms with Gasteiger partial charge in [-0.3, -0.25) is 4.98 Å². The molecule has 0 spiro atoms. The minimum absolute atomic E-state index is 0.340. The van der Waals surface area contributed by atoms with Crippen molar-refractivity contribution in [2.75, 3.05) is 38.6 Å². The molecule has 2 aromatic rings. The molecule has 7 heteroatoms. The molecule has 2 N–H and O–H groups in total. The molecule has 136 valence electrons. The molecule has 1 aromatic carbocycles. The smallest absolute Gasteiger partial charge is 0.337 e. The average molecular weight is 371 g/mol. The summed E-state index contributed by atoms with van der Waals surface area (Å²) in [4.78, 5) is 19.3. The molecule has 0 aliphatic carbocycles. The maximum Gasteiger partial charge on any atom is 0.337 e. The zero-order valence-electron chi connectivity index (χ0n) is 14.8. The number of aromatic nitrogens is 1. The van der Waals surface area contributed by atoms with Gasteiger partial charge in [-0.05, 0) is 48.6 Å². The monoisotopic (exact) mass is 371 g/mol. The molecule has 0 unspecified atom stereocenters. The Hall–Kier alpha value is -2.51. The highest BCUT2D eigenvalue weighted by atomic mass is 32.1. The van der Waals surface area contributed by atoms with Crippen molar-refractivity contribution in [2.24, 2.45) is 0 Å². The Morgan fingerprint density at radius 3 is 2.46 bits per heavy atom. The highest BCUT2D eigenvalue weighted by molar-refractivity contribution is 7.80. The largest absolute Gasteiger partial charge is 0.465 e. The first kappa shape index (κ1) is 18.3. The van der Waals surface area contributed by atoms with Crippen LogP contribution in [0.1, 0.15) is 15.9 Å². The molecule has 1 saturated heterocycles. The molecule has 1 fully saturated rings. The summed E-state index contributed by atoms with van der Waals surface area (Å²) in [6.07, 6.45) is 3.69. The number of pyridine rings is 1. The van der Waals surface area contributed by atoms with Gasteiger partial charge in [-0.2, -0.15) is 0 Å². The number of anilines is 1. The fourth-order valence-corrected chi connectivity index (χ4v) is 3.30. The summed E-state index contributed by atoms with van der Waals surface area (Å²) in [6.45, 7) is 4.96. The maximum atomic E-state index is 11.5. The maximum absolute atomic E-state index is 11.5. The Labute approximate surface area is 158 Å². The second-order valence-corrected chi connectivity index (χ2v) is 6.66. The summed E-state index contributed by atoms with van der Waals surface area (Å²) < 4.78 is 4.71. The number of carbonyl (C=O) groups is 1. The number of nitrogens with one attached hydrogen (secondary N) is 2. The number of quaternary nitrogens is 1. The van der Waals surface area contributed by atoms with Crippen molar-refractivity contribution in [3.63, 3.8) is 0 Å². The normalized spacial score (nSPS) is 14.7. The first-order valence-electron chi connectivity index (χ1n) is 8.62. The van der Waals surface area contributed by atoms with Crippen molar-refractivity contribution in [3.05, 3.63) is 59.9 Å². The lowest BCUT2D eigenvalue weighted by Gasteiger charge is -2.33. The fraction of sp³-hybridized carbons (Fsp3) is 0.316. The van der Waals surface area contributed by atoms with Crippen LogP contribution < -0.4 is 10.2 Å². The Balaban J connectivity index is 1.48. The number of esters is 1. The van der Waals surface area contributed by atoms with Gasteiger partial charge in [-0.15, -0.1) is 0 Å². The molecule has 0 atom stereocenters. The number of hydrogen-bond donors (Lipinski definition) is 2. The van der Waals surface area contributed by atoms with Crippen molar-refractivity contribution in [2.45, 2.75) is 6.54 Å².